The van der Waals surface area contributed by atoms with Crippen molar-refractivity contribution < 1.29 is 22.6 Å². The molecule has 14 heavy (non-hydrogen) atoms. The molecule has 6 heteroatoms. The van der Waals surface area contributed by atoms with Gasteiger partial charge in [0, 0.05) is 7.37 Å². The van der Waals surface area contributed by atoms with E-state index in [1.165, 1.54) is 0 Å². The molecule has 0 N–H and O–H groups in total. The monoisotopic (exact) mass is 229 g/mol. The van der Waals surface area contributed by atoms with Crippen LogP contribution in [0.4, 0.5) is 13.2 Å². The minimum absolute atomic E-state index is 0.0577. The van der Waals surface area contributed by atoms with Gasteiger partial charge in [0.25, 0.3) is 0 Å². The Morgan fingerprint density at radius 1 is 1.43 bits per heavy atom. The summed E-state index contributed by atoms with van der Waals surface area (Å²) in [6.07, 6.45) is -3.73. The molecule has 0 fully saturated rings. The van der Waals surface area contributed by atoms with Crippen LogP contribution in [0.5, 0.6) is 0 Å². The summed E-state index contributed by atoms with van der Waals surface area (Å²) in [6, 6.07) is 0. The highest BCUT2D eigenvalue weighted by molar-refractivity contribution is 7.59. The largest absolute Gasteiger partial charge is 0.796 e. The van der Waals surface area contributed by atoms with Crippen molar-refractivity contribution in [2.45, 2.75) is 32.4 Å². The van der Waals surface area contributed by atoms with Gasteiger partial charge < -0.3 is 9.46 Å². The zero-order valence-electron chi connectivity index (χ0n) is 7.88. The van der Waals surface area contributed by atoms with E-state index in [0.29, 0.717) is 24.7 Å². The van der Waals surface area contributed by atoms with Gasteiger partial charge >= 0.3 is 6.18 Å². The minimum atomic E-state index is -4.33. The summed E-state index contributed by atoms with van der Waals surface area (Å²) in [5.74, 6) is 0.677. The molecule has 0 aromatic carbocycles. The van der Waals surface area contributed by atoms with Crippen LogP contribution in [0.3, 0.4) is 0 Å². The fourth-order valence-corrected chi connectivity index (χ4v) is 2.13. The fraction of sp³-hybridized carbons (Fsp3) is 0.750. The molecule has 0 rings (SSSR count). The Kier molecular flexibility index (Phi) is 5.45. The number of alkyl halides is 3. The lowest BCUT2D eigenvalue weighted by Crippen LogP contribution is -2.05. The molecule has 0 spiro atoms. The van der Waals surface area contributed by atoms with Crippen molar-refractivity contribution in [3.8, 4) is 0 Å². The van der Waals surface area contributed by atoms with Crippen LogP contribution in [-0.4, -0.2) is 12.3 Å². The maximum absolute atomic E-state index is 11.6. The van der Waals surface area contributed by atoms with Crippen molar-refractivity contribution in [3.05, 3.63) is 11.9 Å². The number of rotatable bonds is 5. The number of halogens is 3. The van der Waals surface area contributed by atoms with Crippen molar-refractivity contribution in [2.24, 2.45) is 0 Å². The van der Waals surface area contributed by atoms with Gasteiger partial charge in [-0.05, 0) is 18.4 Å². The smallest absolute Gasteiger partial charge is 0.392 e. The summed E-state index contributed by atoms with van der Waals surface area (Å²) in [5.41, 5.74) is 0. The van der Waals surface area contributed by atoms with Gasteiger partial charge in [-0.3, -0.25) is 0 Å². The maximum atomic E-state index is 11.6. The molecule has 0 amide bonds. The van der Waals surface area contributed by atoms with E-state index in [0.717, 1.165) is 0 Å². The van der Waals surface area contributed by atoms with E-state index in [9.17, 15) is 22.6 Å². The van der Waals surface area contributed by atoms with E-state index in [-0.39, 0.29) is 6.16 Å². The lowest BCUT2D eigenvalue weighted by molar-refractivity contribution is -0.171. The van der Waals surface area contributed by atoms with Crippen LogP contribution >= 0.6 is 7.37 Å². The van der Waals surface area contributed by atoms with Crippen molar-refractivity contribution in [3.63, 3.8) is 0 Å². The molecule has 0 aromatic heterocycles. The molecule has 0 aliphatic heterocycles. The van der Waals surface area contributed by atoms with Gasteiger partial charge in [-0.2, -0.15) is 13.2 Å². The first kappa shape index (κ1) is 13.7. The first-order valence-electron chi connectivity index (χ1n) is 4.31. The SMILES string of the molecule is CCCCP(=O)([O-])C=CCC(F)(F)F. The van der Waals surface area contributed by atoms with Crippen LogP contribution in [0.15, 0.2) is 11.9 Å². The van der Waals surface area contributed by atoms with Gasteiger partial charge in [-0.25, -0.2) is 0 Å². The molecule has 0 saturated heterocycles. The Labute approximate surface area is 81.3 Å². The van der Waals surface area contributed by atoms with Crippen LogP contribution in [0, 0.1) is 0 Å². The van der Waals surface area contributed by atoms with Crippen molar-refractivity contribution >= 4 is 7.37 Å². The molecule has 0 heterocycles. The minimum Gasteiger partial charge on any atom is -0.796 e. The third kappa shape index (κ3) is 8.32. The topological polar surface area (TPSA) is 40.1 Å². The molecule has 0 bridgehead atoms. The highest BCUT2D eigenvalue weighted by atomic mass is 31.2. The second-order valence-corrected chi connectivity index (χ2v) is 5.20. The highest BCUT2D eigenvalue weighted by Crippen LogP contribution is 2.38. The van der Waals surface area contributed by atoms with Crippen molar-refractivity contribution in [1.29, 1.82) is 0 Å². The molecule has 1 unspecified atom stereocenters. The Morgan fingerprint density at radius 2 is 2.00 bits per heavy atom. The lowest BCUT2D eigenvalue weighted by Gasteiger charge is -2.18. The molecular formula is C8H13F3O2P-. The van der Waals surface area contributed by atoms with Crippen molar-refractivity contribution in [1.82, 2.24) is 0 Å². The van der Waals surface area contributed by atoms with E-state index in [4.69, 9.17) is 0 Å². The zero-order chi connectivity index (χ0) is 11.2. The summed E-state index contributed by atoms with van der Waals surface area (Å²) in [7, 11) is -3.73. The molecular weight excluding hydrogens is 216 g/mol. The average molecular weight is 229 g/mol. The van der Waals surface area contributed by atoms with Crippen LogP contribution < -0.4 is 4.89 Å². The Balaban J connectivity index is 4.02. The van der Waals surface area contributed by atoms with E-state index >= 15 is 0 Å². The van der Waals surface area contributed by atoms with Gasteiger partial charge in [-0.15, -0.1) is 0 Å². The first-order chi connectivity index (χ1) is 6.27. The van der Waals surface area contributed by atoms with Gasteiger partial charge in [0.15, 0.2) is 0 Å². The number of unbranched alkanes of at least 4 members (excludes halogenated alkanes) is 1. The predicted octanol–water partition coefficient (Wildman–Crippen LogP) is 2.89. The Hall–Kier alpha value is -0.280. The molecule has 0 aromatic rings. The standard InChI is InChI=1S/C8H14F3O2P/c1-2-3-6-14(12,13)7-4-5-8(9,10)11/h4,7H,2-3,5-6H2,1H3,(H,12,13)/p-1. The Morgan fingerprint density at radius 3 is 2.43 bits per heavy atom. The third-order valence-electron chi connectivity index (χ3n) is 1.51. The fourth-order valence-electron chi connectivity index (χ4n) is 0.800. The van der Waals surface area contributed by atoms with Gasteiger partial charge in [0.1, 0.15) is 0 Å². The van der Waals surface area contributed by atoms with E-state index in [2.05, 4.69) is 0 Å². The Bertz CT molecular complexity index is 235. The summed E-state index contributed by atoms with van der Waals surface area (Å²) in [6.45, 7) is 1.82. The van der Waals surface area contributed by atoms with E-state index < -0.39 is 20.0 Å². The molecule has 1 atom stereocenters. The maximum Gasteiger partial charge on any atom is 0.392 e. The third-order valence-corrected chi connectivity index (χ3v) is 3.11. The summed E-state index contributed by atoms with van der Waals surface area (Å²) >= 11 is 0. The first-order valence-corrected chi connectivity index (χ1v) is 6.19. The molecule has 0 saturated carbocycles. The molecule has 84 valence electrons. The second kappa shape index (κ2) is 5.56. The van der Waals surface area contributed by atoms with Crippen LogP contribution in [0.25, 0.3) is 0 Å². The van der Waals surface area contributed by atoms with Crippen molar-refractivity contribution in [2.75, 3.05) is 6.16 Å². The lowest BCUT2D eigenvalue weighted by atomic mass is 10.4. The predicted molar refractivity (Wildman–Crippen MR) is 47.2 cm³/mol. The normalized spacial score (nSPS) is 17.2. The van der Waals surface area contributed by atoms with Gasteiger partial charge in [0.05, 0.1) is 6.42 Å². The number of hydrogen-bond donors (Lipinski definition) is 0. The summed E-state index contributed by atoms with van der Waals surface area (Å²) in [4.78, 5) is 11.0. The van der Waals surface area contributed by atoms with E-state index in [1.54, 1.807) is 0 Å². The number of allylic oxidation sites excluding steroid dienone is 1. The second-order valence-electron chi connectivity index (χ2n) is 3.01. The van der Waals surface area contributed by atoms with Crippen LogP contribution in [-0.2, 0) is 4.57 Å². The highest BCUT2D eigenvalue weighted by Gasteiger charge is 2.24. The van der Waals surface area contributed by atoms with E-state index in [1.807, 2.05) is 6.92 Å². The van der Waals surface area contributed by atoms with Gasteiger partial charge in [-0.1, -0.05) is 19.4 Å². The molecule has 0 aliphatic rings. The molecule has 0 aliphatic carbocycles. The molecule has 2 nitrogen and oxygen atoms in total. The molecule has 0 radical (unpaired) electrons. The number of hydrogen-bond acceptors (Lipinski definition) is 2. The van der Waals surface area contributed by atoms with Crippen LogP contribution in [0.1, 0.15) is 26.2 Å². The average Bonchev–Trinajstić information content (AvgIpc) is 1.98. The zero-order valence-corrected chi connectivity index (χ0v) is 8.78. The summed E-state index contributed by atoms with van der Waals surface area (Å²) < 4.78 is 46.0. The quantitative estimate of drug-likeness (QED) is 0.680. The van der Waals surface area contributed by atoms with Gasteiger partial charge in [0.2, 0.25) is 0 Å². The summed E-state index contributed by atoms with van der Waals surface area (Å²) in [5, 5.41) is 0. The van der Waals surface area contributed by atoms with Crippen LogP contribution in [0.2, 0.25) is 0 Å².